The third kappa shape index (κ3) is 2.70. The molecule has 16 heavy (non-hydrogen) atoms. The van der Waals surface area contributed by atoms with Crippen LogP contribution in [0.15, 0.2) is 18.2 Å². The molecule has 0 spiro atoms. The zero-order valence-electron chi connectivity index (χ0n) is 9.01. The van der Waals surface area contributed by atoms with Gasteiger partial charge in [-0.3, -0.25) is 0 Å². The second-order valence-corrected chi connectivity index (χ2v) is 4.01. The number of benzene rings is 1. The van der Waals surface area contributed by atoms with Crippen molar-refractivity contribution >= 4 is 0 Å². The summed E-state index contributed by atoms with van der Waals surface area (Å²) in [4.78, 5) is 0. The molecule has 2 rings (SSSR count). The highest BCUT2D eigenvalue weighted by atomic mass is 19.1. The Hall–Kier alpha value is -1.16. The number of hydrogen-bond donors (Lipinski definition) is 1. The van der Waals surface area contributed by atoms with Crippen molar-refractivity contribution in [3.8, 4) is 5.75 Å². The summed E-state index contributed by atoms with van der Waals surface area (Å²) >= 11 is 0. The molecule has 2 nitrogen and oxygen atoms in total. The molecule has 1 atom stereocenters. The lowest BCUT2D eigenvalue weighted by Gasteiger charge is -2.23. The van der Waals surface area contributed by atoms with Crippen molar-refractivity contribution < 1.29 is 13.5 Å². The van der Waals surface area contributed by atoms with E-state index in [0.29, 0.717) is 6.61 Å². The summed E-state index contributed by atoms with van der Waals surface area (Å²) in [5.41, 5.74) is 0. The van der Waals surface area contributed by atoms with Gasteiger partial charge in [-0.05, 0) is 31.5 Å². The van der Waals surface area contributed by atoms with Crippen LogP contribution < -0.4 is 10.1 Å². The summed E-state index contributed by atoms with van der Waals surface area (Å²) in [5.74, 6) is -1.55. The van der Waals surface area contributed by atoms with Crippen LogP contribution in [0.25, 0.3) is 0 Å². The predicted octanol–water partition coefficient (Wildman–Crippen LogP) is 2.49. The third-order valence-corrected chi connectivity index (χ3v) is 2.76. The fourth-order valence-electron chi connectivity index (χ4n) is 1.87. The van der Waals surface area contributed by atoms with E-state index in [2.05, 4.69) is 5.32 Å². The molecule has 1 unspecified atom stereocenters. The topological polar surface area (TPSA) is 21.3 Å². The Morgan fingerprint density at radius 2 is 2.00 bits per heavy atom. The third-order valence-electron chi connectivity index (χ3n) is 2.76. The first-order valence-electron chi connectivity index (χ1n) is 5.57. The Balaban J connectivity index is 1.93. The van der Waals surface area contributed by atoms with Gasteiger partial charge in [0.2, 0.25) is 0 Å². The molecule has 0 amide bonds. The molecule has 1 aliphatic heterocycles. The molecule has 0 radical (unpaired) electrons. The van der Waals surface area contributed by atoms with Crippen LogP contribution in [0, 0.1) is 11.6 Å². The van der Waals surface area contributed by atoms with Gasteiger partial charge in [0, 0.05) is 6.04 Å². The average molecular weight is 227 g/mol. The Bertz CT molecular complexity index is 331. The smallest absolute Gasteiger partial charge is 0.190 e. The van der Waals surface area contributed by atoms with Crippen LogP contribution in [0.2, 0.25) is 0 Å². The van der Waals surface area contributed by atoms with Gasteiger partial charge in [0.15, 0.2) is 17.4 Å². The van der Waals surface area contributed by atoms with Gasteiger partial charge in [-0.15, -0.1) is 0 Å². The molecule has 0 bridgehead atoms. The number of hydrogen-bond acceptors (Lipinski definition) is 2. The second kappa shape index (κ2) is 5.25. The number of nitrogens with one attached hydrogen (secondary N) is 1. The first-order chi connectivity index (χ1) is 7.77. The van der Waals surface area contributed by atoms with E-state index in [1.54, 1.807) is 0 Å². The molecule has 1 aromatic carbocycles. The van der Waals surface area contributed by atoms with Crippen LogP contribution in [-0.4, -0.2) is 19.2 Å². The second-order valence-electron chi connectivity index (χ2n) is 4.01. The van der Waals surface area contributed by atoms with Crippen molar-refractivity contribution in [2.24, 2.45) is 0 Å². The fourth-order valence-corrected chi connectivity index (χ4v) is 1.87. The number of rotatable bonds is 3. The summed E-state index contributed by atoms with van der Waals surface area (Å²) in [5, 5.41) is 3.26. The number of piperidine rings is 1. The number of halogens is 2. The molecule has 1 fully saturated rings. The van der Waals surface area contributed by atoms with Crippen molar-refractivity contribution in [2.45, 2.75) is 25.3 Å². The highest BCUT2D eigenvalue weighted by Crippen LogP contribution is 2.21. The maximum absolute atomic E-state index is 13.2. The molecule has 0 aliphatic carbocycles. The van der Waals surface area contributed by atoms with Gasteiger partial charge in [0.1, 0.15) is 6.61 Å². The zero-order chi connectivity index (χ0) is 11.4. The first-order valence-corrected chi connectivity index (χ1v) is 5.57. The van der Waals surface area contributed by atoms with Crippen molar-refractivity contribution in [2.75, 3.05) is 13.2 Å². The number of ether oxygens (including phenoxy) is 1. The van der Waals surface area contributed by atoms with Gasteiger partial charge in [-0.25, -0.2) is 8.78 Å². The van der Waals surface area contributed by atoms with E-state index in [4.69, 9.17) is 4.74 Å². The monoisotopic (exact) mass is 227 g/mol. The zero-order valence-corrected chi connectivity index (χ0v) is 9.01. The Morgan fingerprint density at radius 1 is 1.25 bits per heavy atom. The molecule has 0 aromatic heterocycles. The van der Waals surface area contributed by atoms with Crippen LogP contribution in [0.5, 0.6) is 5.75 Å². The Kier molecular flexibility index (Phi) is 3.72. The van der Waals surface area contributed by atoms with Crippen LogP contribution in [0.4, 0.5) is 8.78 Å². The van der Waals surface area contributed by atoms with E-state index in [9.17, 15) is 8.78 Å². The minimum Gasteiger partial charge on any atom is -0.486 e. The van der Waals surface area contributed by atoms with Crippen LogP contribution in [0.1, 0.15) is 19.3 Å². The minimum atomic E-state index is -0.643. The molecule has 88 valence electrons. The summed E-state index contributed by atoms with van der Waals surface area (Å²) in [6, 6.07) is 3.93. The molecular formula is C12H15F2NO. The van der Waals surface area contributed by atoms with Crippen molar-refractivity contribution in [3.05, 3.63) is 29.8 Å². The van der Waals surface area contributed by atoms with Crippen molar-refractivity contribution in [1.29, 1.82) is 0 Å². The molecule has 1 aliphatic rings. The van der Waals surface area contributed by atoms with Crippen LogP contribution in [-0.2, 0) is 0 Å². The van der Waals surface area contributed by atoms with E-state index in [1.165, 1.54) is 18.2 Å². The Labute approximate surface area is 93.6 Å². The normalized spacial score (nSPS) is 20.8. The van der Waals surface area contributed by atoms with E-state index in [0.717, 1.165) is 25.8 Å². The largest absolute Gasteiger partial charge is 0.486 e. The fraction of sp³-hybridized carbons (Fsp3) is 0.500. The van der Waals surface area contributed by atoms with E-state index in [-0.39, 0.29) is 11.8 Å². The quantitative estimate of drug-likeness (QED) is 0.856. The lowest BCUT2D eigenvalue weighted by molar-refractivity contribution is 0.222. The summed E-state index contributed by atoms with van der Waals surface area (Å²) in [7, 11) is 0. The van der Waals surface area contributed by atoms with Gasteiger partial charge >= 0.3 is 0 Å². The average Bonchev–Trinajstić information content (AvgIpc) is 2.30. The SMILES string of the molecule is Fc1cccc(F)c1OCC1CCCCN1. The maximum Gasteiger partial charge on any atom is 0.190 e. The molecule has 1 aromatic rings. The Morgan fingerprint density at radius 3 is 2.62 bits per heavy atom. The number of para-hydroxylation sites is 1. The summed E-state index contributed by atoms with van der Waals surface area (Å²) < 4.78 is 31.6. The van der Waals surface area contributed by atoms with E-state index in [1.807, 2.05) is 0 Å². The van der Waals surface area contributed by atoms with Gasteiger partial charge < -0.3 is 10.1 Å². The maximum atomic E-state index is 13.2. The van der Waals surface area contributed by atoms with Crippen LogP contribution in [0.3, 0.4) is 0 Å². The molecule has 0 saturated carbocycles. The summed E-state index contributed by atoms with van der Waals surface area (Å²) in [6.07, 6.45) is 3.29. The standard InChI is InChI=1S/C12H15F2NO/c13-10-5-3-6-11(14)12(10)16-8-9-4-1-2-7-15-9/h3,5-6,9,15H,1-2,4,7-8H2. The molecular weight excluding hydrogens is 212 g/mol. The van der Waals surface area contributed by atoms with Crippen LogP contribution >= 0.6 is 0 Å². The molecule has 4 heteroatoms. The molecule has 1 N–H and O–H groups in total. The first kappa shape index (κ1) is 11.3. The van der Waals surface area contributed by atoms with Gasteiger partial charge in [-0.1, -0.05) is 12.5 Å². The van der Waals surface area contributed by atoms with Crippen molar-refractivity contribution in [1.82, 2.24) is 5.32 Å². The molecule has 1 saturated heterocycles. The highest BCUT2D eigenvalue weighted by Gasteiger charge is 2.15. The lowest BCUT2D eigenvalue weighted by Crippen LogP contribution is -2.38. The van der Waals surface area contributed by atoms with E-state index < -0.39 is 11.6 Å². The summed E-state index contributed by atoms with van der Waals surface area (Å²) in [6.45, 7) is 1.27. The minimum absolute atomic E-state index is 0.202. The lowest BCUT2D eigenvalue weighted by atomic mass is 10.1. The van der Waals surface area contributed by atoms with Gasteiger partial charge in [0.05, 0.1) is 0 Å². The van der Waals surface area contributed by atoms with Crippen molar-refractivity contribution in [3.63, 3.8) is 0 Å². The van der Waals surface area contributed by atoms with E-state index >= 15 is 0 Å². The predicted molar refractivity (Wildman–Crippen MR) is 57.5 cm³/mol. The molecule has 1 heterocycles. The highest BCUT2D eigenvalue weighted by molar-refractivity contribution is 5.26. The van der Waals surface area contributed by atoms with Gasteiger partial charge in [-0.2, -0.15) is 0 Å². The van der Waals surface area contributed by atoms with Gasteiger partial charge in [0.25, 0.3) is 0 Å².